The number of carbonyl (C=O) groups is 1. The van der Waals surface area contributed by atoms with Crippen molar-refractivity contribution in [2.24, 2.45) is 0 Å². The number of hydrogen-bond donors (Lipinski definition) is 2. The van der Waals surface area contributed by atoms with Gasteiger partial charge in [-0.05, 0) is 26.2 Å². The zero-order valence-electron chi connectivity index (χ0n) is 8.12. The Morgan fingerprint density at radius 2 is 2.46 bits per heavy atom. The molecule has 0 bridgehead atoms. The molecule has 4 heteroatoms. The Labute approximate surface area is 78.9 Å². The quantitative estimate of drug-likeness (QED) is 0.674. The van der Waals surface area contributed by atoms with Crippen LogP contribution in [0.3, 0.4) is 0 Å². The molecule has 0 aromatic heterocycles. The van der Waals surface area contributed by atoms with E-state index in [1.807, 2.05) is 4.90 Å². The average Bonchev–Trinajstić information content (AvgIpc) is 2.08. The fourth-order valence-corrected chi connectivity index (χ4v) is 1.47. The van der Waals surface area contributed by atoms with Crippen molar-refractivity contribution in [2.45, 2.75) is 32.3 Å². The lowest BCUT2D eigenvalue weighted by molar-refractivity contribution is 0.163. The van der Waals surface area contributed by atoms with Crippen molar-refractivity contribution in [1.82, 2.24) is 10.2 Å². The SMILES string of the molecule is CC(O)CCCN1CCCNC1=O. The number of carbonyl (C=O) groups excluding carboxylic acids is 1. The topological polar surface area (TPSA) is 52.6 Å². The fourth-order valence-electron chi connectivity index (χ4n) is 1.47. The molecule has 1 heterocycles. The highest BCUT2D eigenvalue weighted by Crippen LogP contribution is 2.03. The maximum Gasteiger partial charge on any atom is 0.317 e. The molecule has 0 aromatic carbocycles. The van der Waals surface area contributed by atoms with Crippen molar-refractivity contribution >= 4 is 6.03 Å². The lowest BCUT2D eigenvalue weighted by Crippen LogP contribution is -2.46. The second kappa shape index (κ2) is 5.07. The van der Waals surface area contributed by atoms with Crippen LogP contribution in [0.5, 0.6) is 0 Å². The molecule has 1 aliphatic heterocycles. The zero-order valence-corrected chi connectivity index (χ0v) is 8.12. The van der Waals surface area contributed by atoms with Crippen LogP contribution in [0, 0.1) is 0 Å². The summed E-state index contributed by atoms with van der Waals surface area (Å²) in [7, 11) is 0. The van der Waals surface area contributed by atoms with Crippen molar-refractivity contribution in [1.29, 1.82) is 0 Å². The van der Waals surface area contributed by atoms with E-state index in [0.29, 0.717) is 0 Å². The minimum Gasteiger partial charge on any atom is -0.393 e. The Morgan fingerprint density at radius 1 is 1.69 bits per heavy atom. The number of rotatable bonds is 4. The molecule has 0 aromatic rings. The monoisotopic (exact) mass is 186 g/mol. The summed E-state index contributed by atoms with van der Waals surface area (Å²) in [6, 6.07) is 0.0387. The van der Waals surface area contributed by atoms with Crippen LogP contribution in [0.1, 0.15) is 26.2 Å². The number of aliphatic hydroxyl groups excluding tert-OH is 1. The number of nitrogens with one attached hydrogen (secondary N) is 1. The van der Waals surface area contributed by atoms with Gasteiger partial charge in [0.05, 0.1) is 6.10 Å². The van der Waals surface area contributed by atoms with Gasteiger partial charge in [0.25, 0.3) is 0 Å². The Hall–Kier alpha value is -0.770. The normalized spacial score (nSPS) is 19.8. The molecule has 0 aliphatic carbocycles. The van der Waals surface area contributed by atoms with E-state index in [1.54, 1.807) is 6.92 Å². The van der Waals surface area contributed by atoms with E-state index in [4.69, 9.17) is 5.11 Å². The highest BCUT2D eigenvalue weighted by atomic mass is 16.3. The number of amides is 2. The Bertz CT molecular complexity index is 171. The van der Waals surface area contributed by atoms with Gasteiger partial charge in [-0.1, -0.05) is 0 Å². The molecule has 4 nitrogen and oxygen atoms in total. The minimum absolute atomic E-state index is 0.0387. The highest BCUT2D eigenvalue weighted by molar-refractivity contribution is 5.74. The largest absolute Gasteiger partial charge is 0.393 e. The van der Waals surface area contributed by atoms with Crippen LogP contribution in [0.4, 0.5) is 4.79 Å². The third-order valence-electron chi connectivity index (χ3n) is 2.22. The van der Waals surface area contributed by atoms with Crippen molar-refractivity contribution in [3.8, 4) is 0 Å². The Balaban J connectivity index is 2.15. The van der Waals surface area contributed by atoms with Crippen LogP contribution in [-0.2, 0) is 0 Å². The molecular formula is C9H18N2O2. The van der Waals surface area contributed by atoms with Gasteiger partial charge in [0.2, 0.25) is 0 Å². The first-order valence-electron chi connectivity index (χ1n) is 4.91. The first kappa shape index (κ1) is 10.3. The van der Waals surface area contributed by atoms with Gasteiger partial charge in [-0.15, -0.1) is 0 Å². The van der Waals surface area contributed by atoms with Crippen LogP contribution in [0.25, 0.3) is 0 Å². The molecule has 13 heavy (non-hydrogen) atoms. The van der Waals surface area contributed by atoms with Crippen LogP contribution in [0.15, 0.2) is 0 Å². The van der Waals surface area contributed by atoms with E-state index in [-0.39, 0.29) is 12.1 Å². The average molecular weight is 186 g/mol. The molecule has 1 fully saturated rings. The van der Waals surface area contributed by atoms with E-state index in [9.17, 15) is 4.79 Å². The molecule has 2 amide bonds. The molecule has 0 saturated carbocycles. The van der Waals surface area contributed by atoms with E-state index in [2.05, 4.69) is 5.32 Å². The van der Waals surface area contributed by atoms with Crippen molar-refractivity contribution in [3.05, 3.63) is 0 Å². The zero-order chi connectivity index (χ0) is 9.68. The predicted octanol–water partition coefficient (Wildman–Crippen LogP) is 0.563. The van der Waals surface area contributed by atoms with E-state index < -0.39 is 0 Å². The summed E-state index contributed by atoms with van der Waals surface area (Å²) < 4.78 is 0. The highest BCUT2D eigenvalue weighted by Gasteiger charge is 2.16. The first-order valence-corrected chi connectivity index (χ1v) is 4.91. The Morgan fingerprint density at radius 3 is 3.08 bits per heavy atom. The van der Waals surface area contributed by atoms with Gasteiger partial charge >= 0.3 is 6.03 Å². The summed E-state index contributed by atoms with van der Waals surface area (Å²) in [6.45, 7) is 4.18. The van der Waals surface area contributed by atoms with Gasteiger partial charge in [-0.3, -0.25) is 0 Å². The predicted molar refractivity (Wildman–Crippen MR) is 50.5 cm³/mol. The summed E-state index contributed by atoms with van der Waals surface area (Å²) in [5.41, 5.74) is 0. The van der Waals surface area contributed by atoms with Crippen LogP contribution in [-0.4, -0.2) is 41.8 Å². The van der Waals surface area contributed by atoms with Crippen LogP contribution < -0.4 is 5.32 Å². The smallest absolute Gasteiger partial charge is 0.317 e. The molecule has 0 spiro atoms. The van der Waals surface area contributed by atoms with Gasteiger partial charge in [0.1, 0.15) is 0 Å². The summed E-state index contributed by atoms with van der Waals surface area (Å²) in [4.78, 5) is 13.0. The number of nitrogens with zero attached hydrogens (tertiary/aromatic N) is 1. The summed E-state index contributed by atoms with van der Waals surface area (Å²) in [5.74, 6) is 0. The fraction of sp³-hybridized carbons (Fsp3) is 0.889. The maximum absolute atomic E-state index is 11.2. The second-order valence-corrected chi connectivity index (χ2v) is 3.56. The van der Waals surface area contributed by atoms with Gasteiger partial charge < -0.3 is 15.3 Å². The molecular weight excluding hydrogens is 168 g/mol. The molecule has 1 atom stereocenters. The minimum atomic E-state index is -0.257. The standard InChI is InChI=1S/C9H18N2O2/c1-8(12)4-2-6-11-7-3-5-10-9(11)13/h8,12H,2-7H2,1H3,(H,10,13). The first-order chi connectivity index (χ1) is 6.20. The van der Waals surface area contributed by atoms with Crippen molar-refractivity contribution < 1.29 is 9.90 Å². The number of urea groups is 1. The summed E-state index contributed by atoms with van der Waals surface area (Å²) in [5, 5.41) is 11.8. The lowest BCUT2D eigenvalue weighted by Gasteiger charge is -2.27. The lowest BCUT2D eigenvalue weighted by atomic mass is 10.2. The Kier molecular flexibility index (Phi) is 4.02. The van der Waals surface area contributed by atoms with Crippen molar-refractivity contribution in [2.75, 3.05) is 19.6 Å². The van der Waals surface area contributed by atoms with Crippen molar-refractivity contribution in [3.63, 3.8) is 0 Å². The second-order valence-electron chi connectivity index (χ2n) is 3.56. The molecule has 1 saturated heterocycles. The van der Waals surface area contributed by atoms with Gasteiger partial charge in [-0.2, -0.15) is 0 Å². The summed E-state index contributed by atoms with van der Waals surface area (Å²) in [6.07, 6.45) is 2.42. The summed E-state index contributed by atoms with van der Waals surface area (Å²) >= 11 is 0. The molecule has 1 rings (SSSR count). The number of aliphatic hydroxyl groups is 1. The van der Waals surface area contributed by atoms with E-state index in [0.717, 1.165) is 38.9 Å². The third kappa shape index (κ3) is 3.63. The number of hydrogen-bond acceptors (Lipinski definition) is 2. The van der Waals surface area contributed by atoms with E-state index in [1.165, 1.54) is 0 Å². The molecule has 1 aliphatic rings. The van der Waals surface area contributed by atoms with Gasteiger partial charge in [0.15, 0.2) is 0 Å². The van der Waals surface area contributed by atoms with Crippen LogP contribution >= 0.6 is 0 Å². The molecule has 0 radical (unpaired) electrons. The maximum atomic E-state index is 11.2. The van der Waals surface area contributed by atoms with E-state index >= 15 is 0 Å². The van der Waals surface area contributed by atoms with Gasteiger partial charge in [-0.25, -0.2) is 4.79 Å². The van der Waals surface area contributed by atoms with Gasteiger partial charge in [0, 0.05) is 19.6 Å². The molecule has 76 valence electrons. The molecule has 1 unspecified atom stereocenters. The van der Waals surface area contributed by atoms with Crippen LogP contribution in [0.2, 0.25) is 0 Å². The third-order valence-corrected chi connectivity index (χ3v) is 2.22. The molecule has 2 N–H and O–H groups in total.